The van der Waals surface area contributed by atoms with Gasteiger partial charge in [-0.2, -0.15) is 0 Å². The van der Waals surface area contributed by atoms with E-state index in [1.807, 2.05) is 13.1 Å². The maximum Gasteiger partial charge on any atom is 0.191 e. The van der Waals surface area contributed by atoms with Crippen LogP contribution in [-0.2, 0) is 6.42 Å². The maximum absolute atomic E-state index is 5.41. The first-order chi connectivity index (χ1) is 15.0. The zero-order valence-corrected chi connectivity index (χ0v) is 20.1. The lowest BCUT2D eigenvalue weighted by atomic mass is 10.0. The molecule has 7 nitrogen and oxygen atoms in total. The van der Waals surface area contributed by atoms with Gasteiger partial charge in [-0.15, -0.1) is 11.3 Å². The summed E-state index contributed by atoms with van der Waals surface area (Å²) >= 11 is 1.75. The highest BCUT2D eigenvalue weighted by molar-refractivity contribution is 7.09. The van der Waals surface area contributed by atoms with E-state index in [0.717, 1.165) is 67.7 Å². The highest BCUT2D eigenvalue weighted by atomic mass is 32.1. The standard InChI is InChI=1S/C23H35N5O2S/c1-16(2)22-26-18(15-31-22)6-9-25-23(24-3)27-17-7-10-28(11-8-17)19-12-20(29-4)14-21(13-19)30-5/h12-17H,6-11H2,1-5H3,(H2,24,25,27). The number of hydrogen-bond donors (Lipinski definition) is 2. The number of aliphatic imine (C=N–C) groups is 1. The van der Waals surface area contributed by atoms with Crippen molar-refractivity contribution in [3.8, 4) is 11.5 Å². The Morgan fingerprint density at radius 3 is 2.42 bits per heavy atom. The van der Waals surface area contributed by atoms with Gasteiger partial charge in [0.1, 0.15) is 11.5 Å². The van der Waals surface area contributed by atoms with Gasteiger partial charge in [0.25, 0.3) is 0 Å². The summed E-state index contributed by atoms with van der Waals surface area (Å²) in [5, 5.41) is 10.4. The van der Waals surface area contributed by atoms with E-state index in [4.69, 9.17) is 14.5 Å². The molecule has 0 bridgehead atoms. The van der Waals surface area contributed by atoms with E-state index < -0.39 is 0 Å². The van der Waals surface area contributed by atoms with Crippen LogP contribution in [0.5, 0.6) is 11.5 Å². The smallest absolute Gasteiger partial charge is 0.191 e. The highest BCUT2D eigenvalue weighted by Gasteiger charge is 2.21. The van der Waals surface area contributed by atoms with Crippen molar-refractivity contribution >= 4 is 23.0 Å². The Balaban J connectivity index is 1.45. The molecule has 2 aromatic rings. The van der Waals surface area contributed by atoms with Crippen LogP contribution >= 0.6 is 11.3 Å². The summed E-state index contributed by atoms with van der Waals surface area (Å²) in [5.74, 6) is 2.99. The minimum Gasteiger partial charge on any atom is -0.497 e. The van der Waals surface area contributed by atoms with Gasteiger partial charge in [0.2, 0.25) is 0 Å². The van der Waals surface area contributed by atoms with Crippen LogP contribution in [-0.4, -0.2) is 57.9 Å². The monoisotopic (exact) mass is 445 g/mol. The van der Waals surface area contributed by atoms with Crippen molar-refractivity contribution in [2.24, 2.45) is 4.99 Å². The van der Waals surface area contributed by atoms with Gasteiger partial charge in [-0.1, -0.05) is 13.8 Å². The van der Waals surface area contributed by atoms with E-state index in [9.17, 15) is 0 Å². The summed E-state index contributed by atoms with van der Waals surface area (Å²) in [6.45, 7) is 7.14. The molecule has 1 fully saturated rings. The first-order valence-corrected chi connectivity index (χ1v) is 11.8. The molecule has 0 aliphatic carbocycles. The van der Waals surface area contributed by atoms with Crippen LogP contribution in [0.2, 0.25) is 0 Å². The summed E-state index contributed by atoms with van der Waals surface area (Å²) in [7, 11) is 5.20. The lowest BCUT2D eigenvalue weighted by Gasteiger charge is -2.34. The van der Waals surface area contributed by atoms with Crippen LogP contribution in [0.25, 0.3) is 0 Å². The number of benzene rings is 1. The fourth-order valence-corrected chi connectivity index (χ4v) is 4.53. The molecule has 0 unspecified atom stereocenters. The molecular weight excluding hydrogens is 410 g/mol. The van der Waals surface area contributed by atoms with E-state index in [-0.39, 0.29) is 0 Å². The second-order valence-electron chi connectivity index (χ2n) is 8.06. The molecule has 1 saturated heterocycles. The minimum atomic E-state index is 0.404. The molecule has 170 valence electrons. The lowest BCUT2D eigenvalue weighted by Crippen LogP contribution is -2.49. The van der Waals surface area contributed by atoms with Crippen LogP contribution in [0.4, 0.5) is 5.69 Å². The minimum absolute atomic E-state index is 0.404. The highest BCUT2D eigenvalue weighted by Crippen LogP contribution is 2.30. The maximum atomic E-state index is 5.41. The van der Waals surface area contributed by atoms with E-state index in [0.29, 0.717) is 12.0 Å². The fraction of sp³-hybridized carbons (Fsp3) is 0.565. The molecule has 8 heteroatoms. The van der Waals surface area contributed by atoms with Crippen molar-refractivity contribution in [3.63, 3.8) is 0 Å². The number of hydrogen-bond acceptors (Lipinski definition) is 6. The summed E-state index contributed by atoms with van der Waals surface area (Å²) in [5.41, 5.74) is 2.29. The number of aromatic nitrogens is 1. The Labute approximate surface area is 189 Å². The van der Waals surface area contributed by atoms with Crippen molar-refractivity contribution < 1.29 is 9.47 Å². The fourth-order valence-electron chi connectivity index (χ4n) is 3.66. The number of rotatable bonds is 8. The second-order valence-corrected chi connectivity index (χ2v) is 8.95. The summed E-state index contributed by atoms with van der Waals surface area (Å²) < 4.78 is 10.8. The third kappa shape index (κ3) is 6.50. The van der Waals surface area contributed by atoms with E-state index in [2.05, 4.69) is 51.9 Å². The van der Waals surface area contributed by atoms with Gasteiger partial charge in [-0.25, -0.2) is 4.98 Å². The van der Waals surface area contributed by atoms with Crippen LogP contribution in [0.1, 0.15) is 43.3 Å². The Morgan fingerprint density at radius 1 is 1.19 bits per heavy atom. The number of nitrogens with one attached hydrogen (secondary N) is 2. The quantitative estimate of drug-likeness (QED) is 0.477. The Hall–Kier alpha value is -2.48. The number of ether oxygens (including phenoxy) is 2. The zero-order chi connectivity index (χ0) is 22.2. The van der Waals surface area contributed by atoms with Gasteiger partial charge < -0.3 is 25.0 Å². The molecule has 0 radical (unpaired) electrons. The molecule has 0 saturated carbocycles. The van der Waals surface area contributed by atoms with Crippen LogP contribution < -0.4 is 25.0 Å². The second kappa shape index (κ2) is 11.2. The average molecular weight is 446 g/mol. The summed E-state index contributed by atoms with van der Waals surface area (Å²) in [6, 6.07) is 6.45. The number of anilines is 1. The van der Waals surface area contributed by atoms with Crippen molar-refractivity contribution in [2.45, 2.75) is 45.1 Å². The number of methoxy groups -OCH3 is 2. The van der Waals surface area contributed by atoms with Crippen molar-refractivity contribution in [1.29, 1.82) is 0 Å². The molecule has 1 aromatic heterocycles. The molecular formula is C23H35N5O2S. The normalized spacial score (nSPS) is 15.3. The van der Waals surface area contributed by atoms with Gasteiger partial charge in [0, 0.05) is 74.3 Å². The van der Waals surface area contributed by atoms with Crippen LogP contribution in [0.15, 0.2) is 28.6 Å². The zero-order valence-electron chi connectivity index (χ0n) is 19.3. The predicted molar refractivity (Wildman–Crippen MR) is 129 cm³/mol. The molecule has 0 spiro atoms. The molecule has 0 atom stereocenters. The van der Waals surface area contributed by atoms with Crippen molar-refractivity contribution in [3.05, 3.63) is 34.3 Å². The Morgan fingerprint density at radius 2 is 1.87 bits per heavy atom. The van der Waals surface area contributed by atoms with Crippen molar-refractivity contribution in [1.82, 2.24) is 15.6 Å². The lowest BCUT2D eigenvalue weighted by molar-refractivity contribution is 0.393. The topological polar surface area (TPSA) is 71.0 Å². The third-order valence-electron chi connectivity index (χ3n) is 5.50. The molecule has 3 rings (SSSR count). The molecule has 1 aliphatic heterocycles. The van der Waals surface area contributed by atoms with Crippen molar-refractivity contribution in [2.75, 3.05) is 45.8 Å². The number of nitrogens with zero attached hydrogens (tertiary/aromatic N) is 3. The molecule has 2 N–H and O–H groups in total. The van der Waals surface area contributed by atoms with Gasteiger partial charge in [0.05, 0.1) is 24.9 Å². The molecule has 1 aliphatic rings. The van der Waals surface area contributed by atoms with Gasteiger partial charge in [-0.05, 0) is 12.8 Å². The van der Waals surface area contributed by atoms with Crippen LogP contribution in [0, 0.1) is 0 Å². The van der Waals surface area contributed by atoms with Crippen LogP contribution in [0.3, 0.4) is 0 Å². The van der Waals surface area contributed by atoms with Gasteiger partial charge in [0.15, 0.2) is 5.96 Å². The van der Waals surface area contributed by atoms with E-state index >= 15 is 0 Å². The molecule has 2 heterocycles. The number of thiazole rings is 1. The molecule has 0 amide bonds. The predicted octanol–water partition coefficient (Wildman–Crippen LogP) is 3.66. The Bertz CT molecular complexity index is 837. The molecule has 1 aromatic carbocycles. The number of guanidine groups is 1. The van der Waals surface area contributed by atoms with Gasteiger partial charge >= 0.3 is 0 Å². The third-order valence-corrected chi connectivity index (χ3v) is 6.69. The van der Waals surface area contributed by atoms with Gasteiger partial charge in [-0.3, -0.25) is 4.99 Å². The summed E-state index contributed by atoms with van der Waals surface area (Å²) in [4.78, 5) is 11.5. The van der Waals surface area contributed by atoms with E-state index in [1.165, 1.54) is 5.01 Å². The molecule has 31 heavy (non-hydrogen) atoms. The first kappa shape index (κ1) is 23.2. The largest absolute Gasteiger partial charge is 0.497 e. The SMILES string of the molecule is CN=C(NCCc1csc(C(C)C)n1)NC1CCN(c2cc(OC)cc(OC)c2)CC1. The number of piperidine rings is 1. The first-order valence-electron chi connectivity index (χ1n) is 10.9. The Kier molecular flexibility index (Phi) is 8.40. The average Bonchev–Trinajstić information content (AvgIpc) is 3.27. The summed E-state index contributed by atoms with van der Waals surface area (Å²) in [6.07, 6.45) is 2.99. The van der Waals surface area contributed by atoms with E-state index in [1.54, 1.807) is 25.6 Å².